The zero-order valence-corrected chi connectivity index (χ0v) is 32.2. The normalized spacial score (nSPS) is 12.0. The summed E-state index contributed by atoms with van der Waals surface area (Å²) >= 11 is 0. The molecule has 0 saturated heterocycles. The molecule has 0 bridgehead atoms. The second-order valence-corrected chi connectivity index (χ2v) is 15.6. The van der Waals surface area contributed by atoms with Crippen LogP contribution in [0, 0.1) is 13.8 Å². The van der Waals surface area contributed by atoms with Gasteiger partial charge >= 0.3 is 0 Å². The first-order chi connectivity index (χ1) is 28.6. The van der Waals surface area contributed by atoms with Gasteiger partial charge in [0.15, 0.2) is 0 Å². The Labute approximate surface area is 335 Å². The summed E-state index contributed by atoms with van der Waals surface area (Å²) in [6, 6.07) is 68.8. The highest BCUT2D eigenvalue weighted by atomic mass is 15.0. The number of aryl methyl sites for hydroxylation is 2. The number of hydrogen-bond acceptors (Lipinski definition) is 1. The molecule has 0 amide bonds. The molecule has 0 saturated carbocycles. The second-order valence-electron chi connectivity index (χ2n) is 15.6. The van der Waals surface area contributed by atoms with Gasteiger partial charge in [0.05, 0.1) is 33.5 Å². The molecule has 3 heteroatoms. The largest absolute Gasteiger partial charge is 0.309 e. The number of fused-ring (bicyclic) bond motifs is 12. The van der Waals surface area contributed by atoms with Crippen LogP contribution in [0.1, 0.15) is 11.1 Å². The summed E-state index contributed by atoms with van der Waals surface area (Å²) < 4.78 is 4.84. The van der Waals surface area contributed by atoms with E-state index >= 15 is 0 Å². The SMILES string of the molecule is Cc1cc2c3ccccc3c3ccccc3c2cc1-c1nc(-c2cc(-n3c4ccccc4c4ccccc43)cc(-n3c4ccccc4c4ccccc43)c2)ccc1C. The maximum absolute atomic E-state index is 5.60. The van der Waals surface area contributed by atoms with Gasteiger partial charge in [-0.3, -0.25) is 0 Å². The van der Waals surface area contributed by atoms with E-state index in [9.17, 15) is 0 Å². The molecule has 0 fully saturated rings. The summed E-state index contributed by atoms with van der Waals surface area (Å²) in [5, 5.41) is 12.6. The van der Waals surface area contributed by atoms with E-state index in [1.165, 1.54) is 81.5 Å². The fourth-order valence-electron chi connectivity index (χ4n) is 9.68. The van der Waals surface area contributed by atoms with Crippen LogP contribution < -0.4 is 0 Å². The summed E-state index contributed by atoms with van der Waals surface area (Å²) in [6.07, 6.45) is 0. The van der Waals surface area contributed by atoms with Gasteiger partial charge in [-0.1, -0.05) is 133 Å². The van der Waals surface area contributed by atoms with Gasteiger partial charge in [0.1, 0.15) is 0 Å². The number of nitrogens with zero attached hydrogens (tertiary/aromatic N) is 3. The van der Waals surface area contributed by atoms with Crippen LogP contribution in [0.25, 0.3) is 110 Å². The standard InChI is InChI=1S/C55H37N3/c1-34-27-28-50(56-55(34)47-33-49-42-18-6-4-16-40(42)39-15-3-5-17-41(39)48(49)29-35(47)2)36-30-37(57-51-23-11-7-19-43(51)44-20-8-12-24-52(44)57)32-38(31-36)58-53-25-13-9-21-45(53)46-22-10-14-26-54(46)58/h3-33H,1-2H3. The minimum Gasteiger partial charge on any atom is -0.309 e. The molecule has 3 nitrogen and oxygen atoms in total. The number of para-hydroxylation sites is 4. The monoisotopic (exact) mass is 739 g/mol. The van der Waals surface area contributed by atoms with Crippen molar-refractivity contribution in [1.82, 2.24) is 14.1 Å². The molecular weight excluding hydrogens is 703 g/mol. The van der Waals surface area contributed by atoms with E-state index in [1.54, 1.807) is 0 Å². The maximum atomic E-state index is 5.60. The summed E-state index contributed by atoms with van der Waals surface area (Å²) in [4.78, 5) is 5.60. The van der Waals surface area contributed by atoms with Crippen molar-refractivity contribution in [2.45, 2.75) is 13.8 Å². The van der Waals surface area contributed by atoms with Gasteiger partial charge in [0, 0.05) is 44.0 Å². The Hall–Kier alpha value is -7.49. The molecular formula is C55H37N3. The van der Waals surface area contributed by atoms with Gasteiger partial charge < -0.3 is 9.13 Å². The summed E-state index contributed by atoms with van der Waals surface area (Å²) in [5.41, 5.74) is 13.4. The van der Waals surface area contributed by atoms with Gasteiger partial charge in [0.2, 0.25) is 0 Å². The number of benzene rings is 9. The van der Waals surface area contributed by atoms with E-state index in [0.29, 0.717) is 0 Å². The molecule has 0 unspecified atom stereocenters. The lowest BCUT2D eigenvalue weighted by Crippen LogP contribution is -2.01. The quantitative estimate of drug-likeness (QED) is 0.165. The summed E-state index contributed by atoms with van der Waals surface area (Å²) in [5.74, 6) is 0. The van der Waals surface area contributed by atoms with Crippen LogP contribution in [0.2, 0.25) is 0 Å². The van der Waals surface area contributed by atoms with Crippen molar-refractivity contribution in [3.63, 3.8) is 0 Å². The maximum Gasteiger partial charge on any atom is 0.0741 e. The third-order valence-corrected chi connectivity index (χ3v) is 12.3. The number of hydrogen-bond donors (Lipinski definition) is 0. The number of pyridine rings is 1. The van der Waals surface area contributed by atoms with E-state index < -0.39 is 0 Å². The highest BCUT2D eigenvalue weighted by molar-refractivity contribution is 6.26. The van der Waals surface area contributed by atoms with Crippen molar-refractivity contribution < 1.29 is 0 Å². The Morgan fingerprint density at radius 1 is 0.328 bits per heavy atom. The molecule has 0 N–H and O–H groups in total. The molecule has 0 radical (unpaired) electrons. The van der Waals surface area contributed by atoms with Crippen molar-refractivity contribution in [2.75, 3.05) is 0 Å². The predicted octanol–water partition coefficient (Wildman–Crippen LogP) is 14.7. The van der Waals surface area contributed by atoms with Gasteiger partial charge in [-0.2, -0.15) is 0 Å². The van der Waals surface area contributed by atoms with Crippen LogP contribution in [0.4, 0.5) is 0 Å². The van der Waals surface area contributed by atoms with Crippen LogP contribution in [-0.2, 0) is 0 Å². The van der Waals surface area contributed by atoms with Crippen molar-refractivity contribution in [2.24, 2.45) is 0 Å². The Balaban J connectivity index is 1.13. The molecule has 272 valence electrons. The van der Waals surface area contributed by atoms with Crippen LogP contribution in [0.15, 0.2) is 188 Å². The number of aromatic nitrogens is 3. The average Bonchev–Trinajstić information content (AvgIpc) is 3.80. The molecule has 3 aromatic heterocycles. The third-order valence-electron chi connectivity index (χ3n) is 12.3. The first-order valence-corrected chi connectivity index (χ1v) is 20.1. The van der Waals surface area contributed by atoms with E-state index in [-0.39, 0.29) is 0 Å². The average molecular weight is 740 g/mol. The Morgan fingerprint density at radius 2 is 0.707 bits per heavy atom. The van der Waals surface area contributed by atoms with Crippen molar-refractivity contribution in [3.8, 4) is 33.9 Å². The van der Waals surface area contributed by atoms with Crippen molar-refractivity contribution >= 4 is 75.9 Å². The molecule has 12 aromatic rings. The highest BCUT2D eigenvalue weighted by Crippen LogP contribution is 2.41. The lowest BCUT2D eigenvalue weighted by molar-refractivity contribution is 1.13. The first kappa shape index (κ1) is 32.7. The lowest BCUT2D eigenvalue weighted by Gasteiger charge is -2.17. The van der Waals surface area contributed by atoms with Crippen molar-refractivity contribution in [1.29, 1.82) is 0 Å². The molecule has 0 spiro atoms. The fourth-order valence-corrected chi connectivity index (χ4v) is 9.68. The smallest absolute Gasteiger partial charge is 0.0741 e. The Bertz CT molecular complexity index is 3420. The van der Waals surface area contributed by atoms with Crippen molar-refractivity contribution in [3.05, 3.63) is 199 Å². The summed E-state index contributed by atoms with van der Waals surface area (Å²) in [7, 11) is 0. The Kier molecular flexibility index (Phi) is 7.06. The van der Waals surface area contributed by atoms with Gasteiger partial charge in [-0.15, -0.1) is 0 Å². The molecule has 58 heavy (non-hydrogen) atoms. The molecule has 12 rings (SSSR count). The van der Waals surface area contributed by atoms with Gasteiger partial charge in [-0.25, -0.2) is 4.98 Å². The van der Waals surface area contributed by atoms with Crippen LogP contribution in [0.3, 0.4) is 0 Å². The second kappa shape index (κ2) is 12.5. The van der Waals surface area contributed by atoms with E-state index in [0.717, 1.165) is 39.5 Å². The van der Waals surface area contributed by atoms with Crippen LogP contribution in [-0.4, -0.2) is 14.1 Å². The molecule has 3 heterocycles. The predicted molar refractivity (Wildman–Crippen MR) is 246 cm³/mol. The minimum absolute atomic E-state index is 0.938. The molecule has 0 atom stereocenters. The van der Waals surface area contributed by atoms with Crippen LogP contribution >= 0.6 is 0 Å². The topological polar surface area (TPSA) is 22.8 Å². The van der Waals surface area contributed by atoms with Gasteiger partial charge in [0.25, 0.3) is 0 Å². The number of rotatable bonds is 4. The fraction of sp³-hybridized carbons (Fsp3) is 0.0364. The molecule has 9 aromatic carbocycles. The molecule has 0 aliphatic rings. The first-order valence-electron chi connectivity index (χ1n) is 20.1. The zero-order chi connectivity index (χ0) is 38.5. The molecule has 0 aliphatic heterocycles. The van der Waals surface area contributed by atoms with E-state index in [4.69, 9.17) is 4.98 Å². The third kappa shape index (κ3) is 4.77. The van der Waals surface area contributed by atoms with Gasteiger partial charge in [-0.05, 0) is 112 Å². The lowest BCUT2D eigenvalue weighted by atomic mass is 9.90. The van der Waals surface area contributed by atoms with Crippen LogP contribution in [0.5, 0.6) is 0 Å². The Morgan fingerprint density at radius 3 is 1.16 bits per heavy atom. The summed E-state index contributed by atoms with van der Waals surface area (Å²) in [6.45, 7) is 4.42. The minimum atomic E-state index is 0.938. The highest BCUT2D eigenvalue weighted by Gasteiger charge is 2.19. The zero-order valence-electron chi connectivity index (χ0n) is 32.2. The van der Waals surface area contributed by atoms with E-state index in [1.807, 2.05) is 0 Å². The molecule has 0 aliphatic carbocycles. The van der Waals surface area contributed by atoms with E-state index in [2.05, 4.69) is 211 Å².